The van der Waals surface area contributed by atoms with E-state index in [1.165, 1.54) is 54.4 Å². The molecule has 4 heteroatoms. The molecule has 1 atom stereocenters. The molecule has 0 amide bonds. The van der Waals surface area contributed by atoms with Crippen molar-refractivity contribution in [2.75, 3.05) is 18.4 Å². The molecule has 134 valence electrons. The number of likely N-dealkylation sites (tertiary alicyclic amines) is 1. The topological polar surface area (TPSA) is 44.0 Å². The number of anilines is 1. The lowest BCUT2D eigenvalue weighted by molar-refractivity contribution is 0.208. The van der Waals surface area contributed by atoms with Crippen LogP contribution in [0, 0.1) is 0 Å². The highest BCUT2D eigenvalue weighted by atomic mass is 15.2. The Morgan fingerprint density at radius 3 is 2.81 bits per heavy atom. The highest BCUT2D eigenvalue weighted by Crippen LogP contribution is 2.39. The zero-order valence-corrected chi connectivity index (χ0v) is 15.1. The van der Waals surface area contributed by atoms with Crippen LogP contribution in [0.15, 0.2) is 48.7 Å². The number of hydrogen-bond donors (Lipinski definition) is 2. The first-order valence-corrected chi connectivity index (χ1v) is 9.84. The molecule has 1 saturated carbocycles. The third kappa shape index (κ3) is 3.47. The Balaban J connectivity index is 1.21. The number of piperidine rings is 1. The number of hydrogen-bond acceptors (Lipinski definition) is 3. The summed E-state index contributed by atoms with van der Waals surface area (Å²) in [5, 5.41) is 12.0. The van der Waals surface area contributed by atoms with Crippen molar-refractivity contribution in [1.82, 2.24) is 15.1 Å². The predicted octanol–water partition coefficient (Wildman–Crippen LogP) is 4.52. The molecule has 2 aliphatic rings. The SMILES string of the molecule is c1cc(C2CC2)ccc1CN1CCC[C@@H](Nc2ccc3[nH]ncc3c2)C1. The number of H-pyrrole nitrogens is 1. The van der Waals surface area contributed by atoms with Gasteiger partial charge in [0.05, 0.1) is 11.7 Å². The van der Waals surface area contributed by atoms with Gasteiger partial charge in [0.1, 0.15) is 0 Å². The summed E-state index contributed by atoms with van der Waals surface area (Å²) in [6, 6.07) is 16.3. The number of benzene rings is 2. The van der Waals surface area contributed by atoms with Gasteiger partial charge < -0.3 is 5.32 Å². The van der Waals surface area contributed by atoms with Gasteiger partial charge in [0.25, 0.3) is 0 Å². The molecule has 4 nitrogen and oxygen atoms in total. The van der Waals surface area contributed by atoms with Gasteiger partial charge in [0, 0.05) is 30.2 Å². The smallest absolute Gasteiger partial charge is 0.0651 e. The monoisotopic (exact) mass is 346 g/mol. The van der Waals surface area contributed by atoms with Crippen LogP contribution in [-0.4, -0.2) is 34.2 Å². The Morgan fingerprint density at radius 1 is 1.08 bits per heavy atom. The van der Waals surface area contributed by atoms with Gasteiger partial charge in [-0.25, -0.2) is 0 Å². The van der Waals surface area contributed by atoms with Crippen LogP contribution in [-0.2, 0) is 6.54 Å². The minimum atomic E-state index is 0.513. The molecule has 26 heavy (non-hydrogen) atoms. The fourth-order valence-corrected chi connectivity index (χ4v) is 4.16. The minimum absolute atomic E-state index is 0.513. The summed E-state index contributed by atoms with van der Waals surface area (Å²) in [6.45, 7) is 3.36. The second-order valence-corrected chi connectivity index (χ2v) is 7.91. The molecule has 2 aromatic carbocycles. The standard InChI is InChI=1S/C22H26N4/c1-2-21(24-20-9-10-22-19(12-20)13-23-25-22)15-26(11-1)14-16-3-5-17(6-4-16)18-7-8-18/h3-6,9-10,12-13,18,21,24H,1-2,7-8,11,14-15H2,(H,23,25)/t21-/m1/s1. The molecule has 0 radical (unpaired) electrons. The van der Waals surface area contributed by atoms with Crippen LogP contribution in [0.5, 0.6) is 0 Å². The second kappa shape index (κ2) is 6.76. The fourth-order valence-electron chi connectivity index (χ4n) is 4.16. The molecule has 2 N–H and O–H groups in total. The molecule has 5 rings (SSSR count). The van der Waals surface area contributed by atoms with Crippen molar-refractivity contribution in [3.8, 4) is 0 Å². The Morgan fingerprint density at radius 2 is 1.96 bits per heavy atom. The van der Waals surface area contributed by atoms with Crippen molar-refractivity contribution in [2.45, 2.75) is 44.2 Å². The average Bonchev–Trinajstić information content (AvgIpc) is 3.40. The zero-order valence-electron chi connectivity index (χ0n) is 15.1. The van der Waals surface area contributed by atoms with Gasteiger partial charge >= 0.3 is 0 Å². The van der Waals surface area contributed by atoms with Crippen molar-refractivity contribution in [1.29, 1.82) is 0 Å². The highest BCUT2D eigenvalue weighted by molar-refractivity contribution is 5.81. The molecule has 1 aromatic heterocycles. The minimum Gasteiger partial charge on any atom is -0.381 e. The van der Waals surface area contributed by atoms with Gasteiger partial charge in [-0.2, -0.15) is 5.10 Å². The van der Waals surface area contributed by atoms with Gasteiger partial charge in [-0.1, -0.05) is 24.3 Å². The van der Waals surface area contributed by atoms with Crippen LogP contribution in [0.3, 0.4) is 0 Å². The third-order valence-electron chi connectivity index (χ3n) is 5.75. The van der Waals surface area contributed by atoms with Gasteiger partial charge in [-0.3, -0.25) is 10.00 Å². The molecular weight excluding hydrogens is 320 g/mol. The summed E-state index contributed by atoms with van der Waals surface area (Å²) >= 11 is 0. The number of rotatable bonds is 5. The normalized spacial score (nSPS) is 21.2. The van der Waals surface area contributed by atoms with Crippen molar-refractivity contribution >= 4 is 16.6 Å². The molecule has 2 fully saturated rings. The summed E-state index contributed by atoms with van der Waals surface area (Å²) in [7, 11) is 0. The van der Waals surface area contributed by atoms with E-state index in [0.29, 0.717) is 6.04 Å². The van der Waals surface area contributed by atoms with Crippen LogP contribution in [0.25, 0.3) is 10.9 Å². The van der Waals surface area contributed by atoms with Crippen molar-refractivity contribution in [3.63, 3.8) is 0 Å². The maximum atomic E-state index is 4.11. The van der Waals surface area contributed by atoms with E-state index in [2.05, 4.69) is 62.9 Å². The van der Waals surface area contributed by atoms with E-state index in [0.717, 1.165) is 24.5 Å². The van der Waals surface area contributed by atoms with Crippen molar-refractivity contribution in [3.05, 3.63) is 59.8 Å². The van der Waals surface area contributed by atoms with Gasteiger partial charge in [-0.05, 0) is 67.5 Å². The highest BCUT2D eigenvalue weighted by Gasteiger charge is 2.23. The summed E-state index contributed by atoms with van der Waals surface area (Å²) in [5.74, 6) is 0.847. The second-order valence-electron chi connectivity index (χ2n) is 7.91. The summed E-state index contributed by atoms with van der Waals surface area (Å²) < 4.78 is 0. The molecule has 1 aliphatic carbocycles. The number of aromatic nitrogens is 2. The summed E-state index contributed by atoms with van der Waals surface area (Å²) in [4.78, 5) is 2.59. The quantitative estimate of drug-likeness (QED) is 0.714. The molecule has 1 saturated heterocycles. The van der Waals surface area contributed by atoms with E-state index >= 15 is 0 Å². The van der Waals surface area contributed by atoms with E-state index in [9.17, 15) is 0 Å². The molecule has 0 unspecified atom stereocenters. The predicted molar refractivity (Wildman–Crippen MR) is 106 cm³/mol. The van der Waals surface area contributed by atoms with Gasteiger partial charge in [0.15, 0.2) is 0 Å². The van der Waals surface area contributed by atoms with E-state index in [-0.39, 0.29) is 0 Å². The number of aromatic amines is 1. The zero-order chi connectivity index (χ0) is 17.3. The number of nitrogens with zero attached hydrogens (tertiary/aromatic N) is 2. The maximum Gasteiger partial charge on any atom is 0.0651 e. The Labute approximate surface area is 154 Å². The van der Waals surface area contributed by atoms with E-state index in [4.69, 9.17) is 0 Å². The number of nitrogens with one attached hydrogen (secondary N) is 2. The lowest BCUT2D eigenvalue weighted by Crippen LogP contribution is -2.41. The van der Waals surface area contributed by atoms with Crippen LogP contribution in [0.4, 0.5) is 5.69 Å². The lowest BCUT2D eigenvalue weighted by atomic mass is 10.0. The Bertz CT molecular complexity index is 879. The Kier molecular flexibility index (Phi) is 4.13. The molecule has 3 aromatic rings. The van der Waals surface area contributed by atoms with E-state index < -0.39 is 0 Å². The molecule has 1 aliphatic heterocycles. The van der Waals surface area contributed by atoms with E-state index in [1.807, 2.05) is 6.20 Å². The summed E-state index contributed by atoms with van der Waals surface area (Å²) in [6.07, 6.45) is 7.14. The first-order chi connectivity index (χ1) is 12.8. The average molecular weight is 346 g/mol. The maximum absolute atomic E-state index is 4.11. The van der Waals surface area contributed by atoms with Crippen molar-refractivity contribution in [2.24, 2.45) is 0 Å². The largest absolute Gasteiger partial charge is 0.381 e. The molecule has 0 bridgehead atoms. The summed E-state index contributed by atoms with van der Waals surface area (Å²) in [5.41, 5.74) is 5.26. The fraction of sp³-hybridized carbons (Fsp3) is 0.409. The molecule has 0 spiro atoms. The first kappa shape index (κ1) is 15.9. The lowest BCUT2D eigenvalue weighted by Gasteiger charge is -2.33. The van der Waals surface area contributed by atoms with Crippen molar-refractivity contribution < 1.29 is 0 Å². The number of fused-ring (bicyclic) bond motifs is 1. The van der Waals surface area contributed by atoms with Gasteiger partial charge in [0.2, 0.25) is 0 Å². The first-order valence-electron chi connectivity index (χ1n) is 9.84. The van der Waals surface area contributed by atoms with Crippen LogP contribution in [0.1, 0.15) is 42.7 Å². The van der Waals surface area contributed by atoms with Crippen LogP contribution in [0.2, 0.25) is 0 Å². The van der Waals surface area contributed by atoms with Gasteiger partial charge in [-0.15, -0.1) is 0 Å². The Hall–Kier alpha value is -2.33. The van der Waals surface area contributed by atoms with E-state index in [1.54, 1.807) is 0 Å². The molecular formula is C22H26N4. The van der Waals surface area contributed by atoms with Crippen LogP contribution >= 0.6 is 0 Å². The molecule has 2 heterocycles. The third-order valence-corrected chi connectivity index (χ3v) is 5.75. The van der Waals surface area contributed by atoms with Crippen LogP contribution < -0.4 is 5.32 Å².